The van der Waals surface area contributed by atoms with Crippen molar-refractivity contribution in [3.8, 4) is 0 Å². The molecule has 1 unspecified atom stereocenters. The van der Waals surface area contributed by atoms with Crippen molar-refractivity contribution in [2.45, 2.75) is 44.3 Å². The van der Waals surface area contributed by atoms with E-state index in [1.807, 2.05) is 0 Å². The quantitative estimate of drug-likeness (QED) is 0.870. The maximum Gasteiger partial charge on any atom is 0.0917 e. The van der Waals surface area contributed by atoms with Gasteiger partial charge in [0.2, 0.25) is 0 Å². The Bertz CT molecular complexity index is 438. The summed E-state index contributed by atoms with van der Waals surface area (Å²) in [6, 6.07) is 6.44. The number of benzene rings is 1. The van der Waals surface area contributed by atoms with E-state index in [-0.39, 0.29) is 6.10 Å². The second-order valence-electron chi connectivity index (χ2n) is 5.93. The molecule has 1 atom stereocenters. The fourth-order valence-electron chi connectivity index (χ4n) is 3.25. The second kappa shape index (κ2) is 5.61. The van der Waals surface area contributed by atoms with E-state index in [4.69, 9.17) is 0 Å². The molecule has 2 aliphatic rings. The van der Waals surface area contributed by atoms with Gasteiger partial charge in [0, 0.05) is 19.6 Å². The molecule has 0 radical (unpaired) electrons. The zero-order chi connectivity index (χ0) is 13.2. The van der Waals surface area contributed by atoms with Crippen molar-refractivity contribution in [3.63, 3.8) is 0 Å². The van der Waals surface area contributed by atoms with Crippen molar-refractivity contribution in [1.29, 1.82) is 0 Å². The number of nitrogens with zero attached hydrogens (tertiary/aromatic N) is 1. The van der Waals surface area contributed by atoms with Gasteiger partial charge in [0.15, 0.2) is 0 Å². The first-order valence-corrected chi connectivity index (χ1v) is 7.42. The van der Waals surface area contributed by atoms with Crippen molar-refractivity contribution in [1.82, 2.24) is 4.90 Å². The van der Waals surface area contributed by atoms with Gasteiger partial charge in [0.25, 0.3) is 0 Å². The number of rotatable bonds is 3. The van der Waals surface area contributed by atoms with Crippen molar-refractivity contribution in [2.24, 2.45) is 0 Å². The summed E-state index contributed by atoms with van der Waals surface area (Å²) in [4.78, 5) is 2.25. The summed E-state index contributed by atoms with van der Waals surface area (Å²) in [5.74, 6) is 0. The van der Waals surface area contributed by atoms with Gasteiger partial charge in [0.05, 0.1) is 12.2 Å². The van der Waals surface area contributed by atoms with Crippen LogP contribution in [0.25, 0.3) is 0 Å². The van der Waals surface area contributed by atoms with Gasteiger partial charge in [-0.25, -0.2) is 0 Å². The molecule has 3 nitrogen and oxygen atoms in total. The topological polar surface area (TPSA) is 43.7 Å². The standard InChI is InChI=1S/C16H23NO2/c18-15-6-8-17(9-7-15)11-16(19)14-5-4-12-2-1-3-13(12)10-14/h4-5,10,15-16,18-19H,1-3,6-9,11H2. The van der Waals surface area contributed by atoms with Crippen LogP contribution in [0.2, 0.25) is 0 Å². The number of β-amino-alcohol motifs (C(OH)–C–C–N with tert-alkyl or cyclic N) is 1. The molecule has 2 N–H and O–H groups in total. The van der Waals surface area contributed by atoms with Crippen molar-refractivity contribution in [2.75, 3.05) is 19.6 Å². The Labute approximate surface area is 114 Å². The van der Waals surface area contributed by atoms with Gasteiger partial charge in [-0.15, -0.1) is 0 Å². The summed E-state index contributed by atoms with van der Waals surface area (Å²) in [7, 11) is 0. The highest BCUT2D eigenvalue weighted by Crippen LogP contribution is 2.26. The van der Waals surface area contributed by atoms with Gasteiger partial charge in [0.1, 0.15) is 0 Å². The van der Waals surface area contributed by atoms with Crippen LogP contribution in [0, 0.1) is 0 Å². The predicted molar refractivity (Wildman–Crippen MR) is 75.1 cm³/mol. The lowest BCUT2D eigenvalue weighted by atomic mass is 10.0. The van der Waals surface area contributed by atoms with E-state index in [9.17, 15) is 10.2 Å². The van der Waals surface area contributed by atoms with E-state index in [2.05, 4.69) is 23.1 Å². The molecule has 19 heavy (non-hydrogen) atoms. The minimum absolute atomic E-state index is 0.145. The highest BCUT2D eigenvalue weighted by molar-refractivity contribution is 5.36. The van der Waals surface area contributed by atoms with E-state index >= 15 is 0 Å². The fraction of sp³-hybridized carbons (Fsp3) is 0.625. The molecular formula is C16H23NO2. The van der Waals surface area contributed by atoms with Crippen LogP contribution in [0.1, 0.15) is 42.1 Å². The van der Waals surface area contributed by atoms with Gasteiger partial charge in [-0.05, 0) is 48.8 Å². The van der Waals surface area contributed by atoms with Crippen LogP contribution in [0.4, 0.5) is 0 Å². The summed E-state index contributed by atoms with van der Waals surface area (Å²) < 4.78 is 0. The third-order valence-corrected chi connectivity index (χ3v) is 4.50. The summed E-state index contributed by atoms with van der Waals surface area (Å²) in [5.41, 5.74) is 3.93. The molecule has 3 rings (SSSR count). The molecule has 1 fully saturated rings. The van der Waals surface area contributed by atoms with Crippen LogP contribution in [-0.2, 0) is 12.8 Å². The summed E-state index contributed by atoms with van der Waals surface area (Å²) in [5, 5.41) is 19.9. The van der Waals surface area contributed by atoms with Gasteiger partial charge >= 0.3 is 0 Å². The third kappa shape index (κ3) is 2.99. The molecule has 0 spiro atoms. The van der Waals surface area contributed by atoms with Gasteiger partial charge in [-0.1, -0.05) is 18.2 Å². The molecule has 1 heterocycles. The zero-order valence-electron chi connectivity index (χ0n) is 11.4. The number of fused-ring (bicyclic) bond motifs is 1. The monoisotopic (exact) mass is 261 g/mol. The first-order chi connectivity index (χ1) is 9.22. The average molecular weight is 261 g/mol. The largest absolute Gasteiger partial charge is 0.393 e. The predicted octanol–water partition coefficient (Wildman–Crippen LogP) is 1.67. The minimum atomic E-state index is -0.402. The Hall–Kier alpha value is -0.900. The number of aliphatic hydroxyl groups is 2. The van der Waals surface area contributed by atoms with E-state index < -0.39 is 6.10 Å². The lowest BCUT2D eigenvalue weighted by Gasteiger charge is -2.31. The number of hydrogen-bond acceptors (Lipinski definition) is 3. The Morgan fingerprint density at radius 1 is 1.16 bits per heavy atom. The van der Waals surface area contributed by atoms with Crippen molar-refractivity contribution in [3.05, 3.63) is 34.9 Å². The van der Waals surface area contributed by atoms with Crippen molar-refractivity contribution < 1.29 is 10.2 Å². The average Bonchev–Trinajstić information content (AvgIpc) is 2.88. The van der Waals surface area contributed by atoms with Crippen LogP contribution in [0.3, 0.4) is 0 Å². The summed E-state index contributed by atoms with van der Waals surface area (Å²) in [6.45, 7) is 2.47. The number of hydrogen-bond donors (Lipinski definition) is 2. The van der Waals surface area contributed by atoms with Crippen LogP contribution < -0.4 is 0 Å². The molecule has 0 amide bonds. The van der Waals surface area contributed by atoms with Gasteiger partial charge in [-0.2, -0.15) is 0 Å². The normalized spacial score (nSPS) is 22.4. The van der Waals surface area contributed by atoms with Crippen LogP contribution >= 0.6 is 0 Å². The first kappa shape index (κ1) is 13.1. The lowest BCUT2D eigenvalue weighted by Crippen LogP contribution is -2.38. The fourth-order valence-corrected chi connectivity index (χ4v) is 3.25. The van der Waals surface area contributed by atoms with E-state index in [0.717, 1.165) is 37.9 Å². The Morgan fingerprint density at radius 3 is 2.68 bits per heavy atom. The number of piperidine rings is 1. The second-order valence-corrected chi connectivity index (χ2v) is 5.93. The number of likely N-dealkylation sites (tertiary alicyclic amines) is 1. The number of aliphatic hydroxyl groups excluding tert-OH is 2. The van der Waals surface area contributed by atoms with Gasteiger partial charge in [-0.3, -0.25) is 0 Å². The first-order valence-electron chi connectivity index (χ1n) is 7.42. The van der Waals surface area contributed by atoms with Crippen LogP contribution in [0.5, 0.6) is 0 Å². The molecule has 104 valence electrons. The summed E-state index contributed by atoms with van der Waals surface area (Å²) >= 11 is 0. The van der Waals surface area contributed by atoms with E-state index in [1.165, 1.54) is 24.0 Å². The number of aryl methyl sites for hydroxylation is 2. The molecule has 1 aliphatic carbocycles. The minimum Gasteiger partial charge on any atom is -0.393 e. The molecular weight excluding hydrogens is 238 g/mol. The molecule has 0 saturated carbocycles. The SMILES string of the molecule is OC1CCN(CC(O)c2ccc3c(c2)CCC3)CC1. The zero-order valence-corrected chi connectivity index (χ0v) is 11.4. The lowest BCUT2D eigenvalue weighted by molar-refractivity contribution is 0.0508. The molecule has 3 heteroatoms. The molecule has 0 bridgehead atoms. The summed E-state index contributed by atoms with van der Waals surface area (Å²) in [6.07, 6.45) is 4.71. The smallest absolute Gasteiger partial charge is 0.0917 e. The molecule has 0 aromatic heterocycles. The van der Waals surface area contributed by atoms with Gasteiger partial charge < -0.3 is 15.1 Å². The van der Waals surface area contributed by atoms with Crippen LogP contribution in [0.15, 0.2) is 18.2 Å². The highest BCUT2D eigenvalue weighted by atomic mass is 16.3. The molecule has 1 aromatic rings. The maximum atomic E-state index is 10.4. The highest BCUT2D eigenvalue weighted by Gasteiger charge is 2.21. The molecule has 1 aromatic carbocycles. The molecule has 1 saturated heterocycles. The van der Waals surface area contributed by atoms with E-state index in [0.29, 0.717) is 6.54 Å². The Morgan fingerprint density at radius 2 is 1.89 bits per heavy atom. The third-order valence-electron chi connectivity index (χ3n) is 4.50. The Kier molecular flexibility index (Phi) is 3.87. The van der Waals surface area contributed by atoms with E-state index in [1.54, 1.807) is 0 Å². The Balaban J connectivity index is 1.62. The van der Waals surface area contributed by atoms with Crippen LogP contribution in [-0.4, -0.2) is 40.9 Å². The maximum absolute atomic E-state index is 10.4. The van der Waals surface area contributed by atoms with Crippen molar-refractivity contribution >= 4 is 0 Å². The molecule has 1 aliphatic heterocycles.